The van der Waals surface area contributed by atoms with E-state index in [0.717, 1.165) is 39.7 Å². The average Bonchev–Trinajstić information content (AvgIpc) is 3.30. The van der Waals surface area contributed by atoms with Crippen molar-refractivity contribution in [1.29, 1.82) is 0 Å². The number of nitrogens with zero attached hydrogens (tertiary/aromatic N) is 3. The molecule has 2 aromatic carbocycles. The number of carbonyl (C=O) groups excluding carboxylic acids is 1. The standard InChI is InChI=1S/C20H20N4O3/c1-13-15(20-23-21-11-24(20)2)4-3-5-16(13)22-19(25)9-7-14-6-8-17-18(10-14)27-12-26-17/h3-6,8,10-11H,7,9,12H2,1-2H3,(H,22,25). The Morgan fingerprint density at radius 2 is 2.07 bits per heavy atom. The molecular formula is C20H20N4O3. The first-order chi connectivity index (χ1) is 13.1. The molecule has 0 atom stereocenters. The van der Waals surface area contributed by atoms with Gasteiger partial charge in [0.05, 0.1) is 0 Å². The summed E-state index contributed by atoms with van der Waals surface area (Å²) in [5, 5.41) is 11.1. The summed E-state index contributed by atoms with van der Waals surface area (Å²) in [6.07, 6.45) is 2.67. The molecule has 7 heteroatoms. The lowest BCUT2D eigenvalue weighted by Crippen LogP contribution is -2.13. The molecule has 0 saturated heterocycles. The van der Waals surface area contributed by atoms with Gasteiger partial charge in [-0.15, -0.1) is 10.2 Å². The van der Waals surface area contributed by atoms with Crippen molar-refractivity contribution in [2.75, 3.05) is 12.1 Å². The second-order valence-corrected chi connectivity index (χ2v) is 6.48. The minimum atomic E-state index is -0.0362. The molecule has 7 nitrogen and oxygen atoms in total. The van der Waals surface area contributed by atoms with Crippen LogP contribution in [-0.2, 0) is 18.3 Å². The van der Waals surface area contributed by atoms with E-state index in [9.17, 15) is 4.79 Å². The molecule has 27 heavy (non-hydrogen) atoms. The molecule has 0 spiro atoms. The van der Waals surface area contributed by atoms with Crippen LogP contribution in [-0.4, -0.2) is 27.5 Å². The van der Waals surface area contributed by atoms with E-state index in [-0.39, 0.29) is 12.7 Å². The number of ether oxygens (including phenoxy) is 2. The Hall–Kier alpha value is -3.35. The van der Waals surface area contributed by atoms with Crippen LogP contribution in [0, 0.1) is 6.92 Å². The van der Waals surface area contributed by atoms with E-state index in [4.69, 9.17) is 9.47 Å². The minimum Gasteiger partial charge on any atom is -0.454 e. The van der Waals surface area contributed by atoms with E-state index >= 15 is 0 Å². The summed E-state index contributed by atoms with van der Waals surface area (Å²) in [7, 11) is 1.89. The zero-order valence-electron chi connectivity index (χ0n) is 15.2. The predicted octanol–water partition coefficient (Wildman–Crippen LogP) is 3.09. The first-order valence-electron chi connectivity index (χ1n) is 8.74. The summed E-state index contributed by atoms with van der Waals surface area (Å²) in [5.41, 5.74) is 3.73. The maximum Gasteiger partial charge on any atom is 0.231 e. The fraction of sp³-hybridized carbons (Fsp3) is 0.250. The Morgan fingerprint density at radius 1 is 1.22 bits per heavy atom. The van der Waals surface area contributed by atoms with Gasteiger partial charge in [0.15, 0.2) is 17.3 Å². The number of carbonyl (C=O) groups is 1. The fourth-order valence-corrected chi connectivity index (χ4v) is 3.11. The molecule has 0 saturated carbocycles. The van der Waals surface area contributed by atoms with Crippen LogP contribution >= 0.6 is 0 Å². The topological polar surface area (TPSA) is 78.3 Å². The van der Waals surface area contributed by atoms with Gasteiger partial charge in [-0.25, -0.2) is 0 Å². The fourth-order valence-electron chi connectivity index (χ4n) is 3.11. The molecule has 1 amide bonds. The molecule has 0 radical (unpaired) electrons. The maximum absolute atomic E-state index is 12.4. The predicted molar refractivity (Wildman–Crippen MR) is 101 cm³/mol. The molecule has 1 aromatic heterocycles. The van der Waals surface area contributed by atoms with Crippen LogP contribution in [0.5, 0.6) is 11.5 Å². The quantitative estimate of drug-likeness (QED) is 0.753. The number of fused-ring (bicyclic) bond motifs is 1. The summed E-state index contributed by atoms with van der Waals surface area (Å²) >= 11 is 0. The lowest BCUT2D eigenvalue weighted by atomic mass is 10.1. The van der Waals surface area contributed by atoms with Crippen molar-refractivity contribution in [3.63, 3.8) is 0 Å². The molecule has 3 aromatic rings. The molecule has 1 aliphatic rings. The SMILES string of the molecule is Cc1c(NC(=O)CCc2ccc3c(c2)OCO3)cccc1-c1nncn1C. The molecule has 4 rings (SSSR count). The monoisotopic (exact) mass is 364 g/mol. The highest BCUT2D eigenvalue weighted by atomic mass is 16.7. The van der Waals surface area contributed by atoms with Crippen LogP contribution in [0.2, 0.25) is 0 Å². The minimum absolute atomic E-state index is 0.0362. The van der Waals surface area contributed by atoms with E-state index < -0.39 is 0 Å². The van der Waals surface area contributed by atoms with Gasteiger partial charge >= 0.3 is 0 Å². The number of hydrogen-bond donors (Lipinski definition) is 1. The Balaban J connectivity index is 1.43. The summed E-state index contributed by atoms with van der Waals surface area (Å²) in [4.78, 5) is 12.4. The van der Waals surface area contributed by atoms with Gasteiger partial charge in [0.25, 0.3) is 0 Å². The molecule has 0 aliphatic carbocycles. The molecule has 2 heterocycles. The van der Waals surface area contributed by atoms with Crippen molar-refractivity contribution in [1.82, 2.24) is 14.8 Å². The van der Waals surface area contributed by atoms with Crippen molar-refractivity contribution in [3.05, 3.63) is 53.9 Å². The average molecular weight is 364 g/mol. The number of nitrogens with one attached hydrogen (secondary N) is 1. The highest BCUT2D eigenvalue weighted by Gasteiger charge is 2.15. The van der Waals surface area contributed by atoms with Gasteiger partial charge in [0, 0.05) is 24.7 Å². The van der Waals surface area contributed by atoms with Gasteiger partial charge in [0.1, 0.15) is 6.33 Å². The van der Waals surface area contributed by atoms with Gasteiger partial charge in [-0.05, 0) is 42.7 Å². The summed E-state index contributed by atoms with van der Waals surface area (Å²) in [6, 6.07) is 11.5. The highest BCUT2D eigenvalue weighted by molar-refractivity contribution is 5.92. The number of aromatic nitrogens is 3. The zero-order valence-corrected chi connectivity index (χ0v) is 15.2. The third-order valence-electron chi connectivity index (χ3n) is 4.64. The summed E-state index contributed by atoms with van der Waals surface area (Å²) < 4.78 is 12.5. The molecule has 138 valence electrons. The smallest absolute Gasteiger partial charge is 0.231 e. The molecule has 1 aliphatic heterocycles. The number of aryl methyl sites for hydroxylation is 2. The maximum atomic E-state index is 12.4. The van der Waals surface area contributed by atoms with Crippen molar-refractivity contribution in [3.8, 4) is 22.9 Å². The van der Waals surface area contributed by atoms with Gasteiger partial charge in [0.2, 0.25) is 12.7 Å². The molecule has 0 fully saturated rings. The van der Waals surface area contributed by atoms with Crippen molar-refractivity contribution in [2.45, 2.75) is 19.8 Å². The Bertz CT molecular complexity index is 997. The van der Waals surface area contributed by atoms with Gasteiger partial charge in [-0.2, -0.15) is 0 Å². The summed E-state index contributed by atoms with van der Waals surface area (Å²) in [5.74, 6) is 2.22. The largest absolute Gasteiger partial charge is 0.454 e. The van der Waals surface area contributed by atoms with E-state index in [1.807, 2.05) is 54.9 Å². The number of rotatable bonds is 5. The zero-order chi connectivity index (χ0) is 18.8. The van der Waals surface area contributed by atoms with E-state index in [2.05, 4.69) is 15.5 Å². The molecule has 1 N–H and O–H groups in total. The third kappa shape index (κ3) is 3.48. The lowest BCUT2D eigenvalue weighted by Gasteiger charge is -2.12. The van der Waals surface area contributed by atoms with E-state index in [1.54, 1.807) is 6.33 Å². The number of benzene rings is 2. The van der Waals surface area contributed by atoms with Gasteiger partial charge in [-0.1, -0.05) is 18.2 Å². The van der Waals surface area contributed by atoms with E-state index in [0.29, 0.717) is 12.8 Å². The van der Waals surface area contributed by atoms with Crippen LogP contribution in [0.15, 0.2) is 42.7 Å². The van der Waals surface area contributed by atoms with E-state index in [1.165, 1.54) is 0 Å². The lowest BCUT2D eigenvalue weighted by molar-refractivity contribution is -0.116. The van der Waals surface area contributed by atoms with Crippen molar-refractivity contribution in [2.24, 2.45) is 7.05 Å². The second-order valence-electron chi connectivity index (χ2n) is 6.48. The van der Waals surface area contributed by atoms with Crippen LogP contribution in [0.1, 0.15) is 17.5 Å². The van der Waals surface area contributed by atoms with Crippen LogP contribution in [0.3, 0.4) is 0 Å². The number of amides is 1. The Morgan fingerprint density at radius 3 is 2.89 bits per heavy atom. The summed E-state index contributed by atoms with van der Waals surface area (Å²) in [6.45, 7) is 2.22. The van der Waals surface area contributed by atoms with Crippen LogP contribution < -0.4 is 14.8 Å². The number of hydrogen-bond acceptors (Lipinski definition) is 5. The molecular weight excluding hydrogens is 344 g/mol. The normalized spacial score (nSPS) is 12.2. The third-order valence-corrected chi connectivity index (χ3v) is 4.64. The Kier molecular flexibility index (Phi) is 4.50. The van der Waals surface area contributed by atoms with Crippen LogP contribution in [0.25, 0.3) is 11.4 Å². The molecule has 0 bridgehead atoms. The Labute approximate surface area is 156 Å². The van der Waals surface area contributed by atoms with Crippen LogP contribution in [0.4, 0.5) is 5.69 Å². The van der Waals surface area contributed by atoms with Crippen molar-refractivity contribution < 1.29 is 14.3 Å². The molecule has 0 unspecified atom stereocenters. The van der Waals surface area contributed by atoms with Crippen molar-refractivity contribution >= 4 is 11.6 Å². The highest BCUT2D eigenvalue weighted by Crippen LogP contribution is 2.33. The van der Waals surface area contributed by atoms with Gasteiger partial charge < -0.3 is 19.4 Å². The first-order valence-corrected chi connectivity index (χ1v) is 8.74. The van der Waals surface area contributed by atoms with Gasteiger partial charge in [-0.3, -0.25) is 4.79 Å². The second kappa shape index (κ2) is 7.11. The number of anilines is 1. The first kappa shape index (κ1) is 17.1.